The Balaban J connectivity index is 2.18. The molecule has 1 N–H and O–H groups in total. The van der Waals surface area contributed by atoms with Crippen LogP contribution >= 0.6 is 11.3 Å². The summed E-state index contributed by atoms with van der Waals surface area (Å²) >= 11 is 1.11. The van der Waals surface area contributed by atoms with Crippen LogP contribution in [0.4, 0.5) is 13.2 Å². The van der Waals surface area contributed by atoms with Gasteiger partial charge >= 0.3 is 12.1 Å². The number of carbonyl (C=O) groups is 1. The Morgan fingerprint density at radius 2 is 1.83 bits per heavy atom. The molecule has 0 aliphatic heterocycles. The molecule has 0 saturated carbocycles. The fourth-order valence-corrected chi connectivity index (χ4v) is 3.51. The maximum atomic E-state index is 12.7. The predicted molar refractivity (Wildman–Crippen MR) is 81.8 cm³/mol. The number of hydrogen-bond donors (Lipinski definition) is 1. The summed E-state index contributed by atoms with van der Waals surface area (Å²) in [5, 5.41) is 9.93. The number of hydrogen-bond acceptors (Lipinski definition) is 3. The highest BCUT2D eigenvalue weighted by molar-refractivity contribution is 7.21. The Morgan fingerprint density at radius 3 is 2.39 bits per heavy atom. The van der Waals surface area contributed by atoms with E-state index in [0.29, 0.717) is 26.8 Å². The SMILES string of the molecule is Cc1c(C(=O)O)sc2cncc(-c3ccc(C(F)(F)F)cc3)c12. The summed E-state index contributed by atoms with van der Waals surface area (Å²) in [6, 6.07) is 4.76. The molecule has 0 unspecified atom stereocenters. The second-order valence-corrected chi connectivity index (χ2v) is 6.05. The van der Waals surface area contributed by atoms with Gasteiger partial charge in [0.05, 0.1) is 10.3 Å². The average molecular weight is 337 g/mol. The van der Waals surface area contributed by atoms with Crippen molar-refractivity contribution in [2.24, 2.45) is 0 Å². The highest BCUT2D eigenvalue weighted by atomic mass is 32.1. The molecule has 118 valence electrons. The number of rotatable bonds is 2. The second kappa shape index (κ2) is 5.34. The summed E-state index contributed by atoms with van der Waals surface area (Å²) in [7, 11) is 0. The lowest BCUT2D eigenvalue weighted by Crippen LogP contribution is -2.04. The fourth-order valence-electron chi connectivity index (χ4n) is 2.47. The number of carboxylic acids is 1. The number of aromatic nitrogens is 1. The van der Waals surface area contributed by atoms with Crippen molar-refractivity contribution in [1.82, 2.24) is 4.98 Å². The molecule has 0 radical (unpaired) electrons. The van der Waals surface area contributed by atoms with E-state index < -0.39 is 17.7 Å². The van der Waals surface area contributed by atoms with E-state index in [1.54, 1.807) is 13.1 Å². The molecule has 0 atom stereocenters. The Kier molecular flexibility index (Phi) is 3.60. The minimum atomic E-state index is -4.39. The van der Waals surface area contributed by atoms with E-state index in [2.05, 4.69) is 4.98 Å². The minimum absolute atomic E-state index is 0.209. The van der Waals surface area contributed by atoms with Gasteiger partial charge in [-0.3, -0.25) is 4.98 Å². The summed E-state index contributed by atoms with van der Waals surface area (Å²) in [5.74, 6) is -1.03. The van der Waals surface area contributed by atoms with Gasteiger partial charge in [0.15, 0.2) is 0 Å². The van der Waals surface area contributed by atoms with E-state index in [9.17, 15) is 23.1 Å². The summed E-state index contributed by atoms with van der Waals surface area (Å²) in [4.78, 5) is 15.5. The molecular formula is C16H10F3NO2S. The average Bonchev–Trinajstić information content (AvgIpc) is 2.84. The number of aromatic carboxylic acids is 1. The van der Waals surface area contributed by atoms with Gasteiger partial charge in [-0.2, -0.15) is 13.2 Å². The molecule has 2 heterocycles. The van der Waals surface area contributed by atoms with E-state index >= 15 is 0 Å². The van der Waals surface area contributed by atoms with Crippen molar-refractivity contribution in [2.75, 3.05) is 0 Å². The second-order valence-electron chi connectivity index (χ2n) is 5.00. The van der Waals surface area contributed by atoms with Crippen LogP contribution in [0.15, 0.2) is 36.7 Å². The normalized spacial score (nSPS) is 11.8. The number of fused-ring (bicyclic) bond motifs is 1. The van der Waals surface area contributed by atoms with Gasteiger partial charge in [0.1, 0.15) is 4.88 Å². The lowest BCUT2D eigenvalue weighted by molar-refractivity contribution is -0.137. The maximum Gasteiger partial charge on any atom is 0.416 e. The van der Waals surface area contributed by atoms with Crippen LogP contribution in [0.5, 0.6) is 0 Å². The molecule has 3 aromatic rings. The van der Waals surface area contributed by atoms with Gasteiger partial charge in [0, 0.05) is 23.3 Å². The Labute approximate surface area is 133 Å². The first-order chi connectivity index (χ1) is 10.8. The highest BCUT2D eigenvalue weighted by Gasteiger charge is 2.30. The molecule has 0 fully saturated rings. The number of benzene rings is 1. The highest BCUT2D eigenvalue weighted by Crippen LogP contribution is 2.38. The zero-order valence-corrected chi connectivity index (χ0v) is 12.6. The monoisotopic (exact) mass is 337 g/mol. The first-order valence-electron chi connectivity index (χ1n) is 6.57. The fraction of sp³-hybridized carbons (Fsp3) is 0.125. The third-order valence-corrected chi connectivity index (χ3v) is 4.77. The molecule has 3 nitrogen and oxygen atoms in total. The lowest BCUT2D eigenvalue weighted by Gasteiger charge is -2.09. The van der Waals surface area contributed by atoms with Gasteiger partial charge in [0.2, 0.25) is 0 Å². The number of pyridine rings is 1. The van der Waals surface area contributed by atoms with Crippen LogP contribution in [0.2, 0.25) is 0 Å². The van der Waals surface area contributed by atoms with Crippen molar-refractivity contribution >= 4 is 27.4 Å². The molecule has 0 amide bonds. The van der Waals surface area contributed by atoms with Crippen molar-refractivity contribution in [3.05, 3.63) is 52.7 Å². The minimum Gasteiger partial charge on any atom is -0.477 e. The maximum absolute atomic E-state index is 12.7. The van der Waals surface area contributed by atoms with Crippen LogP contribution in [0, 0.1) is 6.92 Å². The van der Waals surface area contributed by atoms with Crippen LogP contribution in [0.3, 0.4) is 0 Å². The number of thiophene rings is 1. The zero-order chi connectivity index (χ0) is 16.8. The van der Waals surface area contributed by atoms with Crippen molar-refractivity contribution in [2.45, 2.75) is 13.1 Å². The number of aryl methyl sites for hydroxylation is 1. The molecule has 2 aromatic heterocycles. The van der Waals surface area contributed by atoms with Crippen molar-refractivity contribution in [3.63, 3.8) is 0 Å². The molecule has 0 aliphatic rings. The molecule has 23 heavy (non-hydrogen) atoms. The number of halogens is 3. The van der Waals surface area contributed by atoms with Crippen LogP contribution in [0.25, 0.3) is 21.2 Å². The van der Waals surface area contributed by atoms with Crippen molar-refractivity contribution in [1.29, 1.82) is 0 Å². The molecular weight excluding hydrogens is 327 g/mol. The summed E-state index contributed by atoms with van der Waals surface area (Å²) in [6.45, 7) is 1.69. The Morgan fingerprint density at radius 1 is 1.17 bits per heavy atom. The smallest absolute Gasteiger partial charge is 0.416 e. The van der Waals surface area contributed by atoms with E-state index in [-0.39, 0.29) is 4.88 Å². The summed E-state index contributed by atoms with van der Waals surface area (Å²) in [6.07, 6.45) is -1.29. The molecule has 1 aromatic carbocycles. The van der Waals surface area contributed by atoms with Gasteiger partial charge in [-0.25, -0.2) is 4.79 Å². The summed E-state index contributed by atoms with van der Waals surface area (Å²) in [5.41, 5.74) is 1.05. The Bertz CT molecular complexity index is 898. The first-order valence-corrected chi connectivity index (χ1v) is 7.38. The molecule has 0 aliphatic carbocycles. The standard InChI is InChI=1S/C16H10F3NO2S/c1-8-13-11(6-20-7-12(13)23-14(8)15(21)22)9-2-4-10(5-3-9)16(17,18)19/h2-7H,1H3,(H,21,22). The van der Waals surface area contributed by atoms with Gasteiger partial charge in [-0.05, 0) is 30.2 Å². The number of carboxylic acid groups (broad SMARTS) is 1. The van der Waals surface area contributed by atoms with E-state index in [4.69, 9.17) is 0 Å². The van der Waals surface area contributed by atoms with Gasteiger partial charge in [-0.15, -0.1) is 11.3 Å². The first kappa shape index (κ1) is 15.5. The van der Waals surface area contributed by atoms with Gasteiger partial charge in [0.25, 0.3) is 0 Å². The number of alkyl halides is 3. The molecule has 7 heteroatoms. The van der Waals surface area contributed by atoms with Crippen LogP contribution in [-0.2, 0) is 6.18 Å². The van der Waals surface area contributed by atoms with E-state index in [1.807, 2.05) is 0 Å². The summed E-state index contributed by atoms with van der Waals surface area (Å²) < 4.78 is 38.7. The molecule has 0 saturated heterocycles. The quantitative estimate of drug-likeness (QED) is 0.717. The molecule has 0 bridgehead atoms. The van der Waals surface area contributed by atoms with Crippen molar-refractivity contribution < 1.29 is 23.1 Å². The van der Waals surface area contributed by atoms with Crippen LogP contribution < -0.4 is 0 Å². The third-order valence-electron chi connectivity index (χ3n) is 3.56. The molecule has 0 spiro atoms. The van der Waals surface area contributed by atoms with Crippen molar-refractivity contribution in [3.8, 4) is 11.1 Å². The zero-order valence-electron chi connectivity index (χ0n) is 11.8. The predicted octanol–water partition coefficient (Wildman–Crippen LogP) is 4.99. The largest absolute Gasteiger partial charge is 0.477 e. The lowest BCUT2D eigenvalue weighted by atomic mass is 10.00. The van der Waals surface area contributed by atoms with Crippen LogP contribution in [0.1, 0.15) is 20.8 Å². The van der Waals surface area contributed by atoms with Crippen LogP contribution in [-0.4, -0.2) is 16.1 Å². The Hall–Kier alpha value is -2.41. The topological polar surface area (TPSA) is 50.2 Å². The van der Waals surface area contributed by atoms with E-state index in [1.165, 1.54) is 18.3 Å². The van der Waals surface area contributed by atoms with Gasteiger partial charge < -0.3 is 5.11 Å². The molecule has 3 rings (SSSR count). The van der Waals surface area contributed by atoms with Gasteiger partial charge in [-0.1, -0.05) is 12.1 Å². The number of nitrogens with zero attached hydrogens (tertiary/aromatic N) is 1. The third kappa shape index (κ3) is 2.68. The van der Waals surface area contributed by atoms with E-state index in [0.717, 1.165) is 23.5 Å².